The summed E-state index contributed by atoms with van der Waals surface area (Å²) in [5.74, 6) is 0. The van der Waals surface area contributed by atoms with Crippen molar-refractivity contribution < 1.29 is 21.8 Å². The fourth-order valence-corrected chi connectivity index (χ4v) is 1.02. The van der Waals surface area contributed by atoms with Crippen molar-refractivity contribution in [2.24, 2.45) is 20.2 Å². The Morgan fingerprint density at radius 3 is 2.25 bits per heavy atom. The summed E-state index contributed by atoms with van der Waals surface area (Å²) in [6.07, 6.45) is 1.25. The normalized spacial score (nSPS) is 14.9. The van der Waals surface area contributed by atoms with Crippen molar-refractivity contribution in [3.05, 3.63) is 0 Å². The molecule has 0 fully saturated rings. The molecule has 0 aromatic rings. The van der Waals surface area contributed by atoms with Crippen LogP contribution in [0.15, 0.2) is 20.2 Å². The van der Waals surface area contributed by atoms with E-state index in [0.29, 0.717) is 12.3 Å². The predicted octanol–water partition coefficient (Wildman–Crippen LogP) is -0.00470. The number of ether oxygens (including phenoxy) is 1. The largest absolute Gasteiger partial charge is 2.00 e. The second-order valence-electron chi connectivity index (χ2n) is 3.17. The Morgan fingerprint density at radius 2 is 1.75 bits per heavy atom. The molecular weight excluding hydrogens is 348 g/mol. The first kappa shape index (κ1) is 21.5. The van der Waals surface area contributed by atoms with Crippen LogP contribution in [0.1, 0.15) is 13.8 Å². The first-order valence-corrected chi connectivity index (χ1v) is 6.38. The van der Waals surface area contributed by atoms with Crippen molar-refractivity contribution in [1.29, 1.82) is 0 Å². The zero-order chi connectivity index (χ0) is 14.7. The van der Waals surface area contributed by atoms with Crippen molar-refractivity contribution in [3.8, 4) is 0 Å². The van der Waals surface area contributed by atoms with E-state index < -0.39 is 0 Å². The maximum Gasteiger partial charge on any atom is 2.00 e. The van der Waals surface area contributed by atoms with Crippen LogP contribution < -0.4 is 10.9 Å². The maximum absolute atomic E-state index is 5.43. The van der Waals surface area contributed by atoms with Crippen LogP contribution in [0, 0.1) is 0 Å². The molecule has 0 aliphatic carbocycles. The summed E-state index contributed by atoms with van der Waals surface area (Å²) in [6, 6.07) is 0. The van der Waals surface area contributed by atoms with Gasteiger partial charge in [0.15, 0.2) is 0 Å². The molecule has 0 spiro atoms. The molecule has 1 atom stereocenters. The molecule has 7 nitrogen and oxygen atoms in total. The van der Waals surface area contributed by atoms with Crippen molar-refractivity contribution in [3.63, 3.8) is 0 Å². The van der Waals surface area contributed by atoms with E-state index in [0.717, 1.165) is 0 Å². The Morgan fingerprint density at radius 1 is 1.20 bits per heavy atom. The third-order valence-electron chi connectivity index (χ3n) is 1.88. The average molecular weight is 366 g/mol. The van der Waals surface area contributed by atoms with Crippen LogP contribution in [0.4, 0.5) is 0 Å². The number of nitrogens with one attached hydrogen (secondary N) is 2. The molecule has 0 aromatic carbocycles. The van der Waals surface area contributed by atoms with E-state index in [1.807, 2.05) is 13.8 Å². The third-order valence-corrected chi connectivity index (χ3v) is 2.42. The molecule has 1 radical (unpaired) electrons. The Hall–Kier alpha value is -0.801. The molecule has 0 saturated carbocycles. The van der Waals surface area contributed by atoms with Gasteiger partial charge in [0.2, 0.25) is 0 Å². The summed E-state index contributed by atoms with van der Waals surface area (Å²) < 4.78 is 5.43. The number of hydrogen-bond donors (Lipinski definition) is 2. The van der Waals surface area contributed by atoms with Crippen LogP contribution in [0.2, 0.25) is 0 Å². The van der Waals surface area contributed by atoms with Gasteiger partial charge in [-0.1, -0.05) is 0 Å². The van der Waals surface area contributed by atoms with Crippen LogP contribution in [0.3, 0.4) is 0 Å². The van der Waals surface area contributed by atoms with Crippen LogP contribution >= 0.6 is 0 Å². The van der Waals surface area contributed by atoms with Gasteiger partial charge in [-0.15, -0.1) is 0 Å². The van der Waals surface area contributed by atoms with Gasteiger partial charge in [-0.3, -0.25) is 20.8 Å². The molecule has 10 heteroatoms. The van der Waals surface area contributed by atoms with E-state index in [2.05, 4.69) is 31.0 Å². The molecule has 0 amide bonds. The van der Waals surface area contributed by atoms with Crippen molar-refractivity contribution in [2.45, 2.75) is 20.0 Å². The summed E-state index contributed by atoms with van der Waals surface area (Å²) >= 11 is 9.71. The molecule has 2 N–H and O–H groups in total. The summed E-state index contributed by atoms with van der Waals surface area (Å²) in [4.78, 5) is 7.50. The molecule has 0 aliphatic heterocycles. The first-order chi connectivity index (χ1) is 9.04. The minimum absolute atomic E-state index is 0. The quantitative estimate of drug-likeness (QED) is 0.227. The number of rotatable bonds is 6. The Labute approximate surface area is 141 Å². The zero-order valence-corrected chi connectivity index (χ0v) is 14.3. The molecule has 0 rings (SSSR count). The molecule has 0 aromatic heterocycles. The van der Waals surface area contributed by atoms with E-state index in [4.69, 9.17) is 30.0 Å². The summed E-state index contributed by atoms with van der Waals surface area (Å²) in [6.45, 7) is 4.31. The van der Waals surface area contributed by atoms with Gasteiger partial charge < -0.3 is 30.0 Å². The smallest absolute Gasteiger partial charge is 0.741 e. The fraction of sp³-hybridized carbons (Fsp3) is 0.600. The summed E-state index contributed by atoms with van der Waals surface area (Å²) in [7, 11) is 3.15. The Balaban J connectivity index is 0. The molecule has 0 saturated heterocycles. The Bertz CT molecular complexity index is 386. The Kier molecular flexibility index (Phi) is 14.2. The molecule has 0 heterocycles. The van der Waals surface area contributed by atoms with Gasteiger partial charge in [-0.05, 0) is 24.2 Å². The molecule has 117 valence electrons. The zero-order valence-electron chi connectivity index (χ0n) is 11.7. The van der Waals surface area contributed by atoms with E-state index in [1.54, 1.807) is 14.1 Å². The van der Waals surface area contributed by atoms with E-state index in [9.17, 15) is 0 Å². The van der Waals surface area contributed by atoms with Gasteiger partial charge in [0.05, 0.1) is 6.21 Å². The molecule has 0 aliphatic rings. The van der Waals surface area contributed by atoms with Gasteiger partial charge in [0.25, 0.3) is 0 Å². The molecule has 0 bridgehead atoms. The van der Waals surface area contributed by atoms with E-state index in [-0.39, 0.29) is 33.5 Å². The second-order valence-corrected chi connectivity index (χ2v) is 3.95. The van der Waals surface area contributed by atoms with Crippen molar-refractivity contribution in [2.75, 3.05) is 20.7 Å². The van der Waals surface area contributed by atoms with E-state index in [1.165, 1.54) is 6.21 Å². The van der Waals surface area contributed by atoms with Crippen molar-refractivity contribution in [1.82, 2.24) is 10.9 Å². The number of aliphatic imine (C=N–C) groups is 2. The van der Waals surface area contributed by atoms with Gasteiger partial charge in [0.1, 0.15) is 11.8 Å². The van der Waals surface area contributed by atoms with Gasteiger partial charge in [-0.25, -0.2) is 0 Å². The number of nitrogens with zero attached hydrogens (tertiary/aromatic N) is 4. The minimum atomic E-state index is -0.241. The van der Waals surface area contributed by atoms with Crippen molar-refractivity contribution >= 4 is 47.5 Å². The van der Waals surface area contributed by atoms with E-state index >= 15 is 0 Å². The monoisotopic (exact) mass is 365 g/mol. The van der Waals surface area contributed by atoms with Gasteiger partial charge >= 0.3 is 17.1 Å². The molecule has 1 unspecified atom stereocenters. The predicted molar refractivity (Wildman–Crippen MR) is 84.7 cm³/mol. The average Bonchev–Trinajstić information content (AvgIpc) is 2.41. The number of hydrazone groups is 2. The number of hydrogen-bond acceptors (Lipinski definition) is 7. The maximum atomic E-state index is 5.43. The van der Waals surface area contributed by atoms with Crippen LogP contribution in [0.25, 0.3) is 0 Å². The molecule has 20 heavy (non-hydrogen) atoms. The second kappa shape index (κ2) is 13.2. The topological polar surface area (TPSA) is 82.7 Å². The third kappa shape index (κ3) is 10.0. The SMILES string of the molecule is CCOC(C)C(/C=N\NC([S-])=NC)=N/NC([S-])=NC.[Cu+2]. The number of amidine groups is 2. The standard InChI is InChI=1S/C10H20N6OS2.Cu/c1-5-17-7(2)8(14-16-10(19)12-4)6-13-15-9(18)11-3;/h6-7H,5H2,1-4H3,(H2,11,15,18)(H2,12,16,19);/q;+2/p-2/b13-6-,14-8+;. The van der Waals surface area contributed by atoms with Crippen LogP contribution in [-0.4, -0.2) is 49.1 Å². The minimum Gasteiger partial charge on any atom is -0.741 e. The summed E-state index contributed by atoms with van der Waals surface area (Å²) in [5.41, 5.74) is 5.75. The first-order valence-electron chi connectivity index (χ1n) is 5.57. The molecular formula is C10H18CuN6OS2. The fourth-order valence-electron chi connectivity index (χ4n) is 0.926. The van der Waals surface area contributed by atoms with Gasteiger partial charge in [-0.2, -0.15) is 10.2 Å². The summed E-state index contributed by atoms with van der Waals surface area (Å²) in [5, 5.41) is 8.56. The van der Waals surface area contributed by atoms with Gasteiger partial charge in [0, 0.05) is 20.7 Å². The van der Waals surface area contributed by atoms with Crippen LogP contribution in [-0.2, 0) is 47.1 Å². The van der Waals surface area contributed by atoms with Crippen LogP contribution in [0.5, 0.6) is 0 Å².